The Balaban J connectivity index is 4.59. The average Bonchev–Trinajstić information content (AvgIpc) is 2.09. The average molecular weight is 292 g/mol. The summed E-state index contributed by atoms with van der Waals surface area (Å²) >= 11 is 0. The third-order valence-corrected chi connectivity index (χ3v) is 9.11. The topological polar surface area (TPSA) is 38.7 Å². The van der Waals surface area contributed by atoms with Crippen LogP contribution in [-0.4, -0.2) is 29.6 Å². The molecule has 0 aromatic heterocycles. The van der Waals surface area contributed by atoms with Gasteiger partial charge in [0.1, 0.15) is 11.0 Å². The summed E-state index contributed by atoms with van der Waals surface area (Å²) in [6.45, 7) is 18.7. The molecule has 0 unspecified atom stereocenters. The molecule has 0 saturated carbocycles. The molecule has 0 aliphatic carbocycles. The van der Waals surface area contributed by atoms with Crippen LogP contribution in [0, 0.1) is 0 Å². The Kier molecular flexibility index (Phi) is 5.97. The maximum atomic E-state index is 11.8. The first kappa shape index (κ1) is 18.0. The minimum Gasteiger partial charge on any atom is -0.409 e. The zero-order chi connectivity index (χ0) is 14.8. The molecule has 108 valence electrons. The molecular formula is C13H29NO2SSi. The molecule has 0 saturated heterocycles. The Morgan fingerprint density at radius 2 is 1.61 bits per heavy atom. The van der Waals surface area contributed by atoms with Crippen LogP contribution in [0.15, 0.2) is 4.40 Å². The van der Waals surface area contributed by atoms with Crippen LogP contribution < -0.4 is 0 Å². The molecule has 0 heterocycles. The zero-order valence-corrected chi connectivity index (χ0v) is 15.1. The predicted octanol–water partition coefficient (Wildman–Crippen LogP) is 3.93. The van der Waals surface area contributed by atoms with Gasteiger partial charge in [-0.1, -0.05) is 20.8 Å². The van der Waals surface area contributed by atoms with Crippen molar-refractivity contribution in [1.29, 1.82) is 0 Å². The number of nitrogens with zero attached hydrogens (tertiary/aromatic N) is 1. The van der Waals surface area contributed by atoms with Crippen LogP contribution in [0.2, 0.25) is 18.1 Å². The van der Waals surface area contributed by atoms with E-state index in [-0.39, 0.29) is 15.9 Å². The largest absolute Gasteiger partial charge is 0.409 e. The van der Waals surface area contributed by atoms with Gasteiger partial charge in [-0.15, -0.1) is 0 Å². The fourth-order valence-corrected chi connectivity index (χ4v) is 2.91. The van der Waals surface area contributed by atoms with Gasteiger partial charge in [0.25, 0.3) is 0 Å². The maximum Gasteiger partial charge on any atom is 0.192 e. The molecular weight excluding hydrogens is 262 g/mol. The van der Waals surface area contributed by atoms with E-state index >= 15 is 0 Å². The summed E-state index contributed by atoms with van der Waals surface area (Å²) in [7, 11) is -2.98. The Bertz CT molecular complexity index is 327. The smallest absolute Gasteiger partial charge is 0.192 e. The molecule has 0 spiro atoms. The summed E-state index contributed by atoms with van der Waals surface area (Å²) in [5.41, 5.74) is 0. The monoisotopic (exact) mass is 291 g/mol. The van der Waals surface area contributed by atoms with E-state index in [1.54, 1.807) is 6.21 Å². The van der Waals surface area contributed by atoms with Gasteiger partial charge in [0.05, 0.1) is 10.9 Å². The fraction of sp³-hybridized carbons (Fsp3) is 0.923. The van der Waals surface area contributed by atoms with Gasteiger partial charge in [-0.05, 0) is 45.8 Å². The van der Waals surface area contributed by atoms with Crippen molar-refractivity contribution < 1.29 is 8.63 Å². The van der Waals surface area contributed by atoms with Crippen LogP contribution in [-0.2, 0) is 15.4 Å². The Morgan fingerprint density at radius 1 is 1.17 bits per heavy atom. The maximum absolute atomic E-state index is 11.8. The predicted molar refractivity (Wildman–Crippen MR) is 84.1 cm³/mol. The standard InChI is InChI=1S/C13H29NO2SSi/c1-11(10-14-17(15)12(2,3)4)16-18(8,9)13(5,6)7/h10-11H,1-9H3/b14-10+/t11-,17-/m1/s1. The van der Waals surface area contributed by atoms with Crippen LogP contribution in [0.1, 0.15) is 48.5 Å². The minimum absolute atomic E-state index is 0.0859. The summed E-state index contributed by atoms with van der Waals surface area (Å²) in [4.78, 5) is 0. The van der Waals surface area contributed by atoms with Crippen molar-refractivity contribution in [2.75, 3.05) is 0 Å². The molecule has 0 N–H and O–H groups in total. The van der Waals surface area contributed by atoms with Crippen LogP contribution in [0.5, 0.6) is 0 Å². The first-order valence-electron chi connectivity index (χ1n) is 6.41. The lowest BCUT2D eigenvalue weighted by molar-refractivity contribution is 0.264. The molecule has 3 nitrogen and oxygen atoms in total. The van der Waals surface area contributed by atoms with Crippen molar-refractivity contribution in [2.45, 2.75) is 77.4 Å². The highest BCUT2D eigenvalue weighted by Crippen LogP contribution is 2.37. The van der Waals surface area contributed by atoms with E-state index in [4.69, 9.17) is 4.43 Å². The molecule has 0 aliphatic rings. The van der Waals surface area contributed by atoms with E-state index in [9.17, 15) is 4.21 Å². The Morgan fingerprint density at radius 3 is 1.94 bits per heavy atom. The Labute approximate surface area is 116 Å². The lowest BCUT2D eigenvalue weighted by atomic mass is 10.2. The van der Waals surface area contributed by atoms with Crippen molar-refractivity contribution in [3.63, 3.8) is 0 Å². The van der Waals surface area contributed by atoms with Gasteiger partial charge in [-0.2, -0.15) is 4.40 Å². The molecule has 5 heteroatoms. The van der Waals surface area contributed by atoms with E-state index < -0.39 is 19.3 Å². The van der Waals surface area contributed by atoms with Crippen LogP contribution in [0.25, 0.3) is 0 Å². The second kappa shape index (κ2) is 5.97. The molecule has 0 aromatic rings. The minimum atomic E-state index is -1.78. The highest BCUT2D eigenvalue weighted by atomic mass is 32.2. The van der Waals surface area contributed by atoms with Crippen molar-refractivity contribution in [3.05, 3.63) is 0 Å². The number of hydrogen-bond acceptors (Lipinski definition) is 2. The molecule has 0 amide bonds. The van der Waals surface area contributed by atoms with Crippen molar-refractivity contribution in [3.8, 4) is 0 Å². The SMILES string of the molecule is C[C@H](/C=N/[S@](=O)C(C)(C)C)O[Si](C)(C)C(C)(C)C. The van der Waals surface area contributed by atoms with Gasteiger partial charge in [-0.3, -0.25) is 0 Å². The summed E-state index contributed by atoms with van der Waals surface area (Å²) in [6.07, 6.45) is 1.60. The van der Waals surface area contributed by atoms with Gasteiger partial charge < -0.3 is 4.43 Å². The molecule has 0 aromatic carbocycles. The van der Waals surface area contributed by atoms with Gasteiger partial charge >= 0.3 is 0 Å². The van der Waals surface area contributed by atoms with Gasteiger partial charge in [0, 0.05) is 6.21 Å². The van der Waals surface area contributed by atoms with Crippen LogP contribution in [0.3, 0.4) is 0 Å². The van der Waals surface area contributed by atoms with E-state index in [1.807, 2.05) is 27.7 Å². The zero-order valence-electron chi connectivity index (χ0n) is 13.3. The van der Waals surface area contributed by atoms with Crippen molar-refractivity contribution >= 4 is 25.5 Å². The van der Waals surface area contributed by atoms with Crippen molar-refractivity contribution in [2.24, 2.45) is 4.40 Å². The summed E-state index contributed by atoms with van der Waals surface area (Å²) in [6, 6.07) is 0. The third kappa shape index (κ3) is 5.76. The normalized spacial score (nSPS) is 18.1. The highest BCUT2D eigenvalue weighted by Gasteiger charge is 2.38. The lowest BCUT2D eigenvalue weighted by Gasteiger charge is -2.37. The first-order chi connectivity index (χ1) is 7.77. The van der Waals surface area contributed by atoms with Gasteiger partial charge in [0.2, 0.25) is 0 Å². The molecule has 2 atom stereocenters. The third-order valence-electron chi connectivity index (χ3n) is 3.18. The molecule has 0 fully saturated rings. The van der Waals surface area contributed by atoms with E-state index in [1.165, 1.54) is 0 Å². The molecule has 0 aliphatic heterocycles. The highest BCUT2D eigenvalue weighted by molar-refractivity contribution is 7.85. The summed E-state index contributed by atoms with van der Waals surface area (Å²) in [5.74, 6) is 0. The molecule has 18 heavy (non-hydrogen) atoms. The summed E-state index contributed by atoms with van der Waals surface area (Å²) in [5, 5.41) is 0.179. The van der Waals surface area contributed by atoms with Crippen LogP contribution in [0.4, 0.5) is 0 Å². The van der Waals surface area contributed by atoms with Crippen molar-refractivity contribution in [1.82, 2.24) is 0 Å². The van der Waals surface area contributed by atoms with E-state index in [0.29, 0.717) is 0 Å². The second-order valence-electron chi connectivity index (χ2n) is 7.20. The fourth-order valence-electron chi connectivity index (χ4n) is 0.971. The first-order valence-corrected chi connectivity index (χ1v) is 10.4. The van der Waals surface area contributed by atoms with Gasteiger partial charge in [0.15, 0.2) is 8.32 Å². The molecule has 0 radical (unpaired) electrons. The Hall–Kier alpha value is -0.00312. The number of rotatable bonds is 4. The van der Waals surface area contributed by atoms with Gasteiger partial charge in [-0.25, -0.2) is 4.21 Å². The number of hydrogen-bond donors (Lipinski definition) is 0. The van der Waals surface area contributed by atoms with Crippen LogP contribution >= 0.6 is 0 Å². The molecule has 0 bridgehead atoms. The quantitative estimate of drug-likeness (QED) is 0.581. The lowest BCUT2D eigenvalue weighted by Crippen LogP contribution is -2.43. The molecule has 0 rings (SSSR count). The van der Waals surface area contributed by atoms with E-state index in [0.717, 1.165) is 0 Å². The summed E-state index contributed by atoms with van der Waals surface area (Å²) < 4.78 is 21.7. The second-order valence-corrected chi connectivity index (χ2v) is 13.9. The van der Waals surface area contributed by atoms with E-state index in [2.05, 4.69) is 38.3 Å².